The molecule has 29 heavy (non-hydrogen) atoms. The molecule has 0 heterocycles. The van der Waals surface area contributed by atoms with E-state index in [0.29, 0.717) is 11.3 Å². The molecular weight excluding hydrogens is 399 g/mol. The fourth-order valence-electron chi connectivity index (χ4n) is 3.22. The van der Waals surface area contributed by atoms with Crippen LogP contribution in [-0.4, -0.2) is 28.7 Å². The zero-order chi connectivity index (χ0) is 21.0. The lowest BCUT2D eigenvalue weighted by Crippen LogP contribution is -2.36. The molecule has 0 spiro atoms. The van der Waals surface area contributed by atoms with Crippen LogP contribution in [0, 0.1) is 0 Å². The largest absolute Gasteiger partial charge is 0.416 e. The van der Waals surface area contributed by atoms with Crippen molar-refractivity contribution in [2.24, 2.45) is 0 Å². The van der Waals surface area contributed by atoms with Gasteiger partial charge in [-0.25, -0.2) is 0 Å². The van der Waals surface area contributed by atoms with Gasteiger partial charge in [-0.05, 0) is 29.5 Å². The van der Waals surface area contributed by atoms with Crippen LogP contribution in [0.3, 0.4) is 0 Å². The smallest absolute Gasteiger partial charge is 0.311 e. The normalized spacial score (nSPS) is 12.7. The van der Waals surface area contributed by atoms with Gasteiger partial charge in [-0.2, -0.15) is 13.2 Å². The van der Waals surface area contributed by atoms with Gasteiger partial charge in [-0.1, -0.05) is 54.6 Å². The monoisotopic (exact) mass is 419 g/mol. The molecule has 1 amide bonds. The molecule has 0 bridgehead atoms. The van der Waals surface area contributed by atoms with E-state index in [9.17, 15) is 22.2 Å². The average Bonchev–Trinajstić information content (AvgIpc) is 2.67. The Labute approximate surface area is 169 Å². The van der Waals surface area contributed by atoms with Gasteiger partial charge in [0.05, 0.1) is 11.3 Å². The van der Waals surface area contributed by atoms with Crippen LogP contribution < -0.4 is 4.90 Å². The number of fused-ring (bicyclic) bond motifs is 1. The van der Waals surface area contributed by atoms with Gasteiger partial charge in [0.25, 0.3) is 0 Å². The Hall–Kier alpha value is -2.67. The summed E-state index contributed by atoms with van der Waals surface area (Å²) in [5, 5.41) is 1.80. The number of amides is 1. The second kappa shape index (κ2) is 8.78. The van der Waals surface area contributed by atoms with E-state index in [2.05, 4.69) is 0 Å². The topological polar surface area (TPSA) is 37.4 Å². The number of carbonyl (C=O) groups excluding carboxylic acids is 1. The Morgan fingerprint density at radius 1 is 1.00 bits per heavy atom. The van der Waals surface area contributed by atoms with Crippen molar-refractivity contribution >= 4 is 33.2 Å². The summed E-state index contributed by atoms with van der Waals surface area (Å²) < 4.78 is 50.6. The van der Waals surface area contributed by atoms with Crippen molar-refractivity contribution in [3.63, 3.8) is 0 Å². The predicted molar refractivity (Wildman–Crippen MR) is 110 cm³/mol. The Morgan fingerprint density at radius 3 is 2.41 bits per heavy atom. The molecule has 0 aromatic heterocycles. The number of halogens is 3. The molecule has 0 aliphatic carbocycles. The summed E-state index contributed by atoms with van der Waals surface area (Å²) in [7, 11) is -1.33. The van der Waals surface area contributed by atoms with Crippen LogP contribution >= 0.6 is 0 Å². The third-order valence-corrected chi connectivity index (χ3v) is 5.22. The van der Waals surface area contributed by atoms with Gasteiger partial charge in [0.2, 0.25) is 5.91 Å². The standard InChI is InChI=1S/C22H20F3NO2S/c1-29(28)15-21(27)26(20-11-5-8-17-7-2-3-10-19(17)20)13-12-16-6-4-9-18(14-16)22(23,24)25/h2-11,14H,12-13,15H2,1H3. The van der Waals surface area contributed by atoms with Crippen molar-refractivity contribution in [2.45, 2.75) is 12.6 Å². The lowest BCUT2D eigenvalue weighted by Gasteiger charge is -2.24. The van der Waals surface area contributed by atoms with E-state index in [1.54, 1.807) is 12.1 Å². The fraction of sp³-hybridized carbons (Fsp3) is 0.227. The third-order valence-electron chi connectivity index (χ3n) is 4.56. The molecule has 3 rings (SSSR count). The number of hydrogen-bond donors (Lipinski definition) is 0. The molecule has 7 heteroatoms. The summed E-state index contributed by atoms with van der Waals surface area (Å²) in [5.74, 6) is -0.472. The van der Waals surface area contributed by atoms with Gasteiger partial charge in [0.15, 0.2) is 0 Å². The molecule has 3 aromatic rings. The number of carbonyl (C=O) groups is 1. The van der Waals surface area contributed by atoms with Crippen LogP contribution in [-0.2, 0) is 28.2 Å². The number of rotatable bonds is 6. The molecule has 3 aromatic carbocycles. The van der Waals surface area contributed by atoms with Crippen LogP contribution in [0.1, 0.15) is 11.1 Å². The molecule has 152 valence electrons. The van der Waals surface area contributed by atoms with E-state index < -0.39 is 22.5 Å². The summed E-state index contributed by atoms with van der Waals surface area (Å²) >= 11 is 0. The van der Waals surface area contributed by atoms with Gasteiger partial charge in [0, 0.05) is 29.0 Å². The highest BCUT2D eigenvalue weighted by Crippen LogP contribution is 2.30. The number of hydrogen-bond acceptors (Lipinski definition) is 2. The molecule has 1 atom stereocenters. The SMILES string of the molecule is CS(=O)CC(=O)N(CCc1cccc(C(F)(F)F)c1)c1cccc2ccccc12. The lowest BCUT2D eigenvalue weighted by atomic mass is 10.1. The quantitative estimate of drug-likeness (QED) is 0.575. The Bertz CT molecular complexity index is 1040. The summed E-state index contributed by atoms with van der Waals surface area (Å²) in [4.78, 5) is 14.3. The van der Waals surface area contributed by atoms with Crippen molar-refractivity contribution < 1.29 is 22.2 Å². The van der Waals surface area contributed by atoms with E-state index in [1.807, 2.05) is 36.4 Å². The van der Waals surface area contributed by atoms with E-state index in [1.165, 1.54) is 17.2 Å². The van der Waals surface area contributed by atoms with Crippen LogP contribution in [0.4, 0.5) is 18.9 Å². The highest BCUT2D eigenvalue weighted by Gasteiger charge is 2.30. The number of benzene rings is 3. The molecule has 0 radical (unpaired) electrons. The molecule has 1 unspecified atom stereocenters. The maximum Gasteiger partial charge on any atom is 0.416 e. The first kappa shape index (κ1) is 21.0. The highest BCUT2D eigenvalue weighted by atomic mass is 32.2. The predicted octanol–water partition coefficient (Wildman–Crippen LogP) is 4.81. The number of anilines is 1. The van der Waals surface area contributed by atoms with Gasteiger partial charge in [0.1, 0.15) is 5.75 Å². The van der Waals surface area contributed by atoms with E-state index in [0.717, 1.165) is 22.9 Å². The van der Waals surface area contributed by atoms with Gasteiger partial charge < -0.3 is 4.90 Å². The Kier molecular flexibility index (Phi) is 6.37. The van der Waals surface area contributed by atoms with Crippen LogP contribution in [0.15, 0.2) is 66.7 Å². The summed E-state index contributed by atoms with van der Waals surface area (Å²) in [6, 6.07) is 18.2. The van der Waals surface area contributed by atoms with Crippen LogP contribution in [0.25, 0.3) is 10.8 Å². The molecule has 3 nitrogen and oxygen atoms in total. The summed E-state index contributed by atoms with van der Waals surface area (Å²) in [6.45, 7) is 0.186. The first-order valence-electron chi connectivity index (χ1n) is 9.00. The first-order valence-corrected chi connectivity index (χ1v) is 10.7. The van der Waals surface area contributed by atoms with Gasteiger partial charge >= 0.3 is 6.18 Å². The molecule has 0 saturated carbocycles. The van der Waals surface area contributed by atoms with Crippen molar-refractivity contribution in [3.05, 3.63) is 77.9 Å². The zero-order valence-corrected chi connectivity index (χ0v) is 16.6. The molecule has 0 fully saturated rings. The molecule has 0 N–H and O–H groups in total. The Balaban J connectivity index is 1.93. The van der Waals surface area contributed by atoms with Gasteiger partial charge in [-0.15, -0.1) is 0 Å². The van der Waals surface area contributed by atoms with Crippen LogP contribution in [0.5, 0.6) is 0 Å². The number of nitrogens with zero attached hydrogens (tertiary/aromatic N) is 1. The lowest BCUT2D eigenvalue weighted by molar-refractivity contribution is -0.137. The molecule has 0 aliphatic heterocycles. The van der Waals surface area contributed by atoms with E-state index in [-0.39, 0.29) is 24.6 Å². The Morgan fingerprint density at radius 2 is 1.69 bits per heavy atom. The van der Waals surface area contributed by atoms with Crippen molar-refractivity contribution in [1.29, 1.82) is 0 Å². The summed E-state index contributed by atoms with van der Waals surface area (Å²) in [5.41, 5.74) is 0.425. The van der Waals surface area contributed by atoms with Crippen molar-refractivity contribution in [1.82, 2.24) is 0 Å². The van der Waals surface area contributed by atoms with E-state index >= 15 is 0 Å². The minimum absolute atomic E-state index is 0.147. The molecule has 0 aliphatic rings. The second-order valence-electron chi connectivity index (χ2n) is 6.71. The van der Waals surface area contributed by atoms with Crippen molar-refractivity contribution in [3.8, 4) is 0 Å². The fourth-order valence-corrected chi connectivity index (χ4v) is 3.72. The average molecular weight is 419 g/mol. The maximum absolute atomic E-state index is 13.0. The second-order valence-corrected chi connectivity index (χ2v) is 8.14. The first-order chi connectivity index (χ1) is 13.8. The summed E-state index contributed by atoms with van der Waals surface area (Å²) in [6.07, 6.45) is -2.72. The van der Waals surface area contributed by atoms with Crippen LogP contribution in [0.2, 0.25) is 0 Å². The highest BCUT2D eigenvalue weighted by molar-refractivity contribution is 7.85. The number of alkyl halides is 3. The molecule has 0 saturated heterocycles. The third kappa shape index (κ3) is 5.23. The molecular formula is C22H20F3NO2S. The maximum atomic E-state index is 13.0. The van der Waals surface area contributed by atoms with Crippen molar-refractivity contribution in [2.75, 3.05) is 23.5 Å². The zero-order valence-electron chi connectivity index (χ0n) is 15.8. The van der Waals surface area contributed by atoms with E-state index in [4.69, 9.17) is 0 Å². The minimum Gasteiger partial charge on any atom is -0.311 e. The van der Waals surface area contributed by atoms with Gasteiger partial charge in [-0.3, -0.25) is 9.00 Å². The minimum atomic E-state index is -4.42.